The fraction of sp³-hybridized carbons (Fsp3) is 0.560. The summed E-state index contributed by atoms with van der Waals surface area (Å²) in [5, 5.41) is 11.6. The summed E-state index contributed by atoms with van der Waals surface area (Å²) in [6.07, 6.45) is 9.87. The van der Waals surface area contributed by atoms with E-state index in [0.29, 0.717) is 11.5 Å². The minimum atomic E-state index is -0.645. The van der Waals surface area contributed by atoms with E-state index in [9.17, 15) is 4.79 Å². The lowest BCUT2D eigenvalue weighted by Gasteiger charge is -2.30. The average molecular weight is 394 g/mol. The third-order valence-electron chi connectivity index (χ3n) is 7.47. The van der Waals surface area contributed by atoms with Crippen LogP contribution < -0.4 is 4.74 Å². The highest BCUT2D eigenvalue weighted by atomic mass is 16.5. The van der Waals surface area contributed by atoms with Crippen molar-refractivity contribution in [3.8, 4) is 5.75 Å². The van der Waals surface area contributed by atoms with E-state index in [1.807, 2.05) is 0 Å². The second kappa shape index (κ2) is 7.64. The van der Waals surface area contributed by atoms with E-state index in [1.54, 1.807) is 0 Å². The van der Waals surface area contributed by atoms with Gasteiger partial charge >= 0.3 is 5.97 Å². The molecule has 2 aromatic rings. The summed E-state index contributed by atoms with van der Waals surface area (Å²) >= 11 is 0. The number of nitrogens with zero attached hydrogens (tertiary/aromatic N) is 1. The highest BCUT2D eigenvalue weighted by molar-refractivity contribution is 5.84. The predicted molar refractivity (Wildman–Crippen MR) is 114 cm³/mol. The maximum absolute atomic E-state index is 11.1. The Labute approximate surface area is 172 Å². The van der Waals surface area contributed by atoms with Gasteiger partial charge in [0.25, 0.3) is 0 Å². The number of fused-ring (bicyclic) bond motifs is 1. The Morgan fingerprint density at radius 3 is 2.34 bits per heavy atom. The number of hydrogen-bond donors (Lipinski definition) is 1. The molecule has 0 aromatic heterocycles. The van der Waals surface area contributed by atoms with Crippen LogP contribution in [0.15, 0.2) is 36.4 Å². The van der Waals surface area contributed by atoms with E-state index in [2.05, 4.69) is 41.3 Å². The summed E-state index contributed by atoms with van der Waals surface area (Å²) in [6, 6.07) is 13.1. The first-order valence-electron chi connectivity index (χ1n) is 11.2. The standard InChI is InChI=1S/C25H31NO3/c27-24(28)19-7-13-26(14-8-19)17-18-1-2-21-16-23(4-3-20(21)15-18)29-22-5-9-25(10-6-22)11-12-25/h1-4,15-16,19,22H,5-14,17H2,(H,27,28). The van der Waals surface area contributed by atoms with Gasteiger partial charge in [0, 0.05) is 6.54 Å². The molecule has 4 heteroatoms. The van der Waals surface area contributed by atoms with Crippen LogP contribution in [0.1, 0.15) is 56.9 Å². The number of rotatable bonds is 5. The molecule has 4 nitrogen and oxygen atoms in total. The summed E-state index contributed by atoms with van der Waals surface area (Å²) < 4.78 is 6.31. The largest absolute Gasteiger partial charge is 0.490 e. The van der Waals surface area contributed by atoms with Gasteiger partial charge in [-0.2, -0.15) is 0 Å². The fourth-order valence-electron chi connectivity index (χ4n) is 5.23. The number of carboxylic acid groups (broad SMARTS) is 1. The summed E-state index contributed by atoms with van der Waals surface area (Å²) in [7, 11) is 0. The molecule has 29 heavy (non-hydrogen) atoms. The van der Waals surface area contributed by atoms with Crippen LogP contribution in [0.2, 0.25) is 0 Å². The molecular weight excluding hydrogens is 362 g/mol. The van der Waals surface area contributed by atoms with Crippen molar-refractivity contribution in [2.75, 3.05) is 13.1 Å². The molecule has 0 unspecified atom stereocenters. The number of ether oxygens (including phenoxy) is 1. The first-order chi connectivity index (χ1) is 14.1. The molecule has 3 fully saturated rings. The normalized spacial score (nSPS) is 22.8. The van der Waals surface area contributed by atoms with Crippen molar-refractivity contribution in [2.45, 2.75) is 64.0 Å². The zero-order valence-electron chi connectivity index (χ0n) is 17.1. The highest BCUT2D eigenvalue weighted by Crippen LogP contribution is 2.56. The highest BCUT2D eigenvalue weighted by Gasteiger charge is 2.45. The smallest absolute Gasteiger partial charge is 0.306 e. The number of carboxylic acids is 1. The van der Waals surface area contributed by atoms with E-state index in [0.717, 1.165) is 38.2 Å². The van der Waals surface area contributed by atoms with Crippen molar-refractivity contribution >= 4 is 16.7 Å². The third-order valence-corrected chi connectivity index (χ3v) is 7.47. The second-order valence-electron chi connectivity index (χ2n) is 9.55. The van der Waals surface area contributed by atoms with Crippen LogP contribution in [0.4, 0.5) is 0 Å². The zero-order chi connectivity index (χ0) is 19.8. The van der Waals surface area contributed by atoms with Gasteiger partial charge in [0.15, 0.2) is 0 Å². The number of hydrogen-bond acceptors (Lipinski definition) is 3. The minimum Gasteiger partial charge on any atom is -0.490 e. The molecule has 1 saturated heterocycles. The Bertz CT molecular complexity index is 886. The Kier molecular flexibility index (Phi) is 4.99. The monoisotopic (exact) mass is 393 g/mol. The van der Waals surface area contributed by atoms with Crippen LogP contribution >= 0.6 is 0 Å². The van der Waals surface area contributed by atoms with Crippen LogP contribution in [0.5, 0.6) is 5.75 Å². The van der Waals surface area contributed by atoms with E-state index in [-0.39, 0.29) is 5.92 Å². The van der Waals surface area contributed by atoms with Gasteiger partial charge in [-0.3, -0.25) is 9.69 Å². The molecule has 2 aromatic carbocycles. The number of piperidine rings is 1. The lowest BCUT2D eigenvalue weighted by Crippen LogP contribution is -2.35. The Morgan fingerprint density at radius 2 is 1.66 bits per heavy atom. The molecule has 154 valence electrons. The molecule has 0 atom stereocenters. The number of aliphatic carboxylic acids is 1. The van der Waals surface area contributed by atoms with Gasteiger partial charge in [-0.1, -0.05) is 18.2 Å². The Balaban J connectivity index is 1.20. The molecule has 3 aliphatic rings. The molecule has 1 aliphatic heterocycles. The van der Waals surface area contributed by atoms with Gasteiger partial charge in [0.1, 0.15) is 5.75 Å². The maximum Gasteiger partial charge on any atom is 0.306 e. The van der Waals surface area contributed by atoms with Crippen LogP contribution in [0.25, 0.3) is 10.8 Å². The Morgan fingerprint density at radius 1 is 0.966 bits per heavy atom. The first-order valence-corrected chi connectivity index (χ1v) is 11.2. The van der Waals surface area contributed by atoms with E-state index < -0.39 is 5.97 Å². The lowest BCUT2D eigenvalue weighted by atomic mass is 9.85. The van der Waals surface area contributed by atoms with Gasteiger partial charge < -0.3 is 9.84 Å². The predicted octanol–water partition coefficient (Wildman–Crippen LogP) is 5.24. The summed E-state index contributed by atoms with van der Waals surface area (Å²) in [6.45, 7) is 2.62. The number of carbonyl (C=O) groups is 1. The van der Waals surface area contributed by atoms with Gasteiger partial charge in [-0.05, 0) is 104 Å². The molecule has 1 N–H and O–H groups in total. The maximum atomic E-state index is 11.1. The van der Waals surface area contributed by atoms with Crippen LogP contribution in [-0.2, 0) is 11.3 Å². The summed E-state index contributed by atoms with van der Waals surface area (Å²) in [5.74, 6) is 0.187. The molecule has 0 bridgehead atoms. The Hall–Kier alpha value is -2.07. The van der Waals surface area contributed by atoms with Gasteiger partial charge in [-0.25, -0.2) is 0 Å². The van der Waals surface area contributed by atoms with Crippen molar-refractivity contribution in [3.63, 3.8) is 0 Å². The van der Waals surface area contributed by atoms with Crippen LogP contribution in [0.3, 0.4) is 0 Å². The lowest BCUT2D eigenvalue weighted by molar-refractivity contribution is -0.143. The topological polar surface area (TPSA) is 49.8 Å². The van der Waals surface area contributed by atoms with Crippen molar-refractivity contribution in [2.24, 2.45) is 11.3 Å². The van der Waals surface area contributed by atoms with Crippen molar-refractivity contribution in [1.82, 2.24) is 4.90 Å². The van der Waals surface area contributed by atoms with Crippen molar-refractivity contribution in [3.05, 3.63) is 42.0 Å². The van der Waals surface area contributed by atoms with Gasteiger partial charge in [0.2, 0.25) is 0 Å². The number of benzene rings is 2. The van der Waals surface area contributed by atoms with Crippen LogP contribution in [-0.4, -0.2) is 35.2 Å². The fourth-order valence-corrected chi connectivity index (χ4v) is 5.23. The third kappa shape index (κ3) is 4.28. The molecule has 2 saturated carbocycles. The minimum absolute atomic E-state index is 0.166. The SMILES string of the molecule is O=C(O)C1CCN(Cc2ccc3cc(OC4CCC5(CC4)CC5)ccc3c2)CC1. The molecule has 1 heterocycles. The zero-order valence-corrected chi connectivity index (χ0v) is 17.1. The van der Waals surface area contributed by atoms with Crippen molar-refractivity contribution in [1.29, 1.82) is 0 Å². The van der Waals surface area contributed by atoms with Gasteiger partial charge in [-0.15, -0.1) is 0 Å². The van der Waals surface area contributed by atoms with E-state index >= 15 is 0 Å². The average Bonchev–Trinajstić information content (AvgIpc) is 3.49. The molecule has 0 radical (unpaired) electrons. The van der Waals surface area contributed by atoms with Crippen LogP contribution in [0, 0.1) is 11.3 Å². The summed E-state index contributed by atoms with van der Waals surface area (Å²) in [4.78, 5) is 13.5. The molecule has 5 rings (SSSR count). The quantitative estimate of drug-likeness (QED) is 0.755. The molecule has 1 spiro atoms. The second-order valence-corrected chi connectivity index (χ2v) is 9.55. The van der Waals surface area contributed by atoms with Crippen molar-refractivity contribution < 1.29 is 14.6 Å². The molecule has 0 amide bonds. The number of likely N-dealkylation sites (tertiary alicyclic amines) is 1. The van der Waals surface area contributed by atoms with Gasteiger partial charge in [0.05, 0.1) is 12.0 Å². The first kappa shape index (κ1) is 18.9. The van der Waals surface area contributed by atoms with E-state index in [1.165, 1.54) is 54.9 Å². The molecular formula is C25H31NO3. The van der Waals surface area contributed by atoms with E-state index in [4.69, 9.17) is 9.84 Å². The summed E-state index contributed by atoms with van der Waals surface area (Å²) in [5.41, 5.74) is 2.00. The molecule has 2 aliphatic carbocycles.